The molecule has 2 rings (SSSR count). The maximum absolute atomic E-state index is 5.79. The molecule has 1 saturated carbocycles. The topological polar surface area (TPSA) is 26.0 Å². The van der Waals surface area contributed by atoms with Gasteiger partial charge in [0.05, 0.1) is 0 Å². The van der Waals surface area contributed by atoms with Gasteiger partial charge in [-0.3, -0.25) is 0 Å². The van der Waals surface area contributed by atoms with Crippen molar-refractivity contribution in [3.63, 3.8) is 0 Å². The molecule has 1 aromatic rings. The summed E-state index contributed by atoms with van der Waals surface area (Å²) in [6.45, 7) is 7.65. The van der Waals surface area contributed by atoms with Crippen LogP contribution in [0.2, 0.25) is 0 Å². The van der Waals surface area contributed by atoms with Crippen molar-refractivity contribution in [3.05, 3.63) is 35.4 Å². The van der Waals surface area contributed by atoms with Crippen LogP contribution in [0.25, 0.3) is 0 Å². The maximum atomic E-state index is 5.79. The van der Waals surface area contributed by atoms with E-state index in [2.05, 4.69) is 45.0 Å². The molecule has 1 aliphatic carbocycles. The highest BCUT2D eigenvalue weighted by atomic mass is 14.7. The van der Waals surface area contributed by atoms with Crippen molar-refractivity contribution in [2.24, 2.45) is 17.1 Å². The normalized spacial score (nSPS) is 28.9. The molecular weight excluding hydrogens is 170 g/mol. The maximum Gasteiger partial charge on any atom is -0.00375 e. The van der Waals surface area contributed by atoms with E-state index < -0.39 is 0 Å². The number of benzene rings is 1. The summed E-state index contributed by atoms with van der Waals surface area (Å²) < 4.78 is 0. The van der Waals surface area contributed by atoms with E-state index in [0.717, 1.165) is 6.54 Å². The Bertz CT molecular complexity index is 341. The molecule has 1 fully saturated rings. The summed E-state index contributed by atoms with van der Waals surface area (Å²) in [6, 6.07) is 8.67. The van der Waals surface area contributed by atoms with E-state index >= 15 is 0 Å². The Balaban J connectivity index is 2.31. The van der Waals surface area contributed by atoms with Gasteiger partial charge in [-0.2, -0.15) is 0 Å². The van der Waals surface area contributed by atoms with Crippen molar-refractivity contribution in [1.29, 1.82) is 0 Å². The quantitative estimate of drug-likeness (QED) is 0.760. The highest BCUT2D eigenvalue weighted by Gasteiger charge is 2.57. The van der Waals surface area contributed by atoms with E-state index in [1.165, 1.54) is 11.1 Å². The average Bonchev–Trinajstić information content (AvgIpc) is 2.69. The van der Waals surface area contributed by atoms with Crippen molar-refractivity contribution in [2.45, 2.75) is 26.7 Å². The smallest absolute Gasteiger partial charge is 0.00375 e. The van der Waals surface area contributed by atoms with E-state index in [-0.39, 0.29) is 0 Å². The van der Waals surface area contributed by atoms with Gasteiger partial charge in [0.2, 0.25) is 0 Å². The lowest BCUT2D eigenvalue weighted by atomic mass is 9.99. The van der Waals surface area contributed by atoms with E-state index in [4.69, 9.17) is 5.73 Å². The van der Waals surface area contributed by atoms with E-state index in [1.807, 2.05) is 0 Å². The zero-order valence-corrected chi connectivity index (χ0v) is 9.25. The molecule has 2 N–H and O–H groups in total. The molecule has 0 aromatic heterocycles. The van der Waals surface area contributed by atoms with Crippen LogP contribution in [0.1, 0.15) is 30.9 Å². The minimum atomic E-state index is 0.404. The monoisotopic (exact) mass is 189 g/mol. The van der Waals surface area contributed by atoms with Crippen LogP contribution in [0.15, 0.2) is 24.3 Å². The van der Waals surface area contributed by atoms with Gasteiger partial charge in [-0.05, 0) is 41.8 Å². The molecule has 0 amide bonds. The zero-order chi connectivity index (χ0) is 10.3. The first kappa shape index (κ1) is 9.72. The largest absolute Gasteiger partial charge is 0.330 e. The lowest BCUT2D eigenvalue weighted by molar-refractivity contribution is 0.558. The third-order valence-electron chi connectivity index (χ3n) is 3.83. The minimum absolute atomic E-state index is 0.404. The zero-order valence-electron chi connectivity index (χ0n) is 9.25. The highest BCUT2D eigenvalue weighted by molar-refractivity contribution is 5.37. The third kappa shape index (κ3) is 1.27. The fraction of sp³-hybridized carbons (Fsp3) is 0.538. The van der Waals surface area contributed by atoms with Crippen molar-refractivity contribution < 1.29 is 0 Å². The van der Waals surface area contributed by atoms with Gasteiger partial charge < -0.3 is 5.73 Å². The first-order valence-corrected chi connectivity index (χ1v) is 5.34. The standard InChI is InChI=1S/C13H19N/c1-9-6-4-5-7-10(9)12-11(8-14)13(12,2)3/h4-7,11-12H,8,14H2,1-3H3/t11-,12-/m0/s1. The molecule has 1 nitrogen and oxygen atoms in total. The van der Waals surface area contributed by atoms with Crippen LogP contribution in [0.4, 0.5) is 0 Å². The number of nitrogens with two attached hydrogens (primary N) is 1. The number of hydrogen-bond donors (Lipinski definition) is 1. The van der Waals surface area contributed by atoms with Crippen LogP contribution in [0.3, 0.4) is 0 Å². The Hall–Kier alpha value is -0.820. The summed E-state index contributed by atoms with van der Waals surface area (Å²) in [7, 11) is 0. The fourth-order valence-electron chi connectivity index (χ4n) is 2.74. The molecule has 14 heavy (non-hydrogen) atoms. The van der Waals surface area contributed by atoms with Crippen molar-refractivity contribution in [1.82, 2.24) is 0 Å². The van der Waals surface area contributed by atoms with Gasteiger partial charge in [0.15, 0.2) is 0 Å². The van der Waals surface area contributed by atoms with Crippen LogP contribution < -0.4 is 5.73 Å². The second kappa shape index (κ2) is 3.09. The molecule has 1 heteroatoms. The van der Waals surface area contributed by atoms with E-state index in [9.17, 15) is 0 Å². The van der Waals surface area contributed by atoms with Gasteiger partial charge in [-0.15, -0.1) is 0 Å². The van der Waals surface area contributed by atoms with E-state index in [1.54, 1.807) is 0 Å². The van der Waals surface area contributed by atoms with Gasteiger partial charge in [-0.25, -0.2) is 0 Å². The van der Waals surface area contributed by atoms with Gasteiger partial charge in [0, 0.05) is 0 Å². The predicted octanol–water partition coefficient (Wildman–Crippen LogP) is 2.69. The second-order valence-corrected chi connectivity index (χ2v) is 5.00. The first-order valence-electron chi connectivity index (χ1n) is 5.34. The van der Waals surface area contributed by atoms with Crippen molar-refractivity contribution in [3.8, 4) is 0 Å². The highest BCUT2D eigenvalue weighted by Crippen LogP contribution is 2.64. The summed E-state index contributed by atoms with van der Waals surface area (Å²) in [5.41, 5.74) is 9.09. The van der Waals surface area contributed by atoms with Gasteiger partial charge >= 0.3 is 0 Å². The molecule has 1 aromatic carbocycles. The lowest BCUT2D eigenvalue weighted by Gasteiger charge is -2.06. The molecular formula is C13H19N. The molecule has 76 valence electrons. The summed E-state index contributed by atoms with van der Waals surface area (Å²) in [6.07, 6.45) is 0. The summed E-state index contributed by atoms with van der Waals surface area (Å²) in [5.74, 6) is 1.34. The Kier molecular flexibility index (Phi) is 2.15. The molecule has 0 aliphatic heterocycles. The van der Waals surface area contributed by atoms with Gasteiger partial charge in [0.1, 0.15) is 0 Å². The number of aryl methyl sites for hydroxylation is 1. The molecule has 0 heterocycles. The Morgan fingerprint density at radius 3 is 2.43 bits per heavy atom. The van der Waals surface area contributed by atoms with Crippen molar-refractivity contribution in [2.75, 3.05) is 6.54 Å². The van der Waals surface area contributed by atoms with Crippen molar-refractivity contribution >= 4 is 0 Å². The van der Waals surface area contributed by atoms with Crippen LogP contribution in [0.5, 0.6) is 0 Å². The molecule has 2 atom stereocenters. The molecule has 0 radical (unpaired) electrons. The van der Waals surface area contributed by atoms with Crippen LogP contribution >= 0.6 is 0 Å². The van der Waals surface area contributed by atoms with Crippen LogP contribution in [0, 0.1) is 18.3 Å². The minimum Gasteiger partial charge on any atom is -0.330 e. The second-order valence-electron chi connectivity index (χ2n) is 5.00. The molecule has 0 unspecified atom stereocenters. The number of rotatable bonds is 2. The predicted molar refractivity (Wildman–Crippen MR) is 60.2 cm³/mol. The molecule has 0 bridgehead atoms. The molecule has 0 spiro atoms. The Morgan fingerprint density at radius 2 is 1.93 bits per heavy atom. The average molecular weight is 189 g/mol. The number of hydrogen-bond acceptors (Lipinski definition) is 1. The first-order chi connectivity index (χ1) is 6.59. The van der Waals surface area contributed by atoms with Crippen LogP contribution in [-0.2, 0) is 0 Å². The molecule has 1 aliphatic rings. The summed E-state index contributed by atoms with van der Waals surface area (Å²) >= 11 is 0. The Morgan fingerprint density at radius 1 is 1.29 bits per heavy atom. The van der Waals surface area contributed by atoms with Gasteiger partial charge in [0.25, 0.3) is 0 Å². The fourth-order valence-corrected chi connectivity index (χ4v) is 2.74. The van der Waals surface area contributed by atoms with Crippen LogP contribution in [-0.4, -0.2) is 6.54 Å². The molecule has 0 saturated heterocycles. The summed E-state index contributed by atoms with van der Waals surface area (Å²) in [5, 5.41) is 0. The third-order valence-corrected chi connectivity index (χ3v) is 3.83. The summed E-state index contributed by atoms with van der Waals surface area (Å²) in [4.78, 5) is 0. The lowest BCUT2D eigenvalue weighted by Crippen LogP contribution is -2.05. The van der Waals surface area contributed by atoms with E-state index in [0.29, 0.717) is 17.3 Å². The van der Waals surface area contributed by atoms with Gasteiger partial charge in [-0.1, -0.05) is 38.1 Å². The SMILES string of the molecule is Cc1ccccc1[C@H]1[C@H](CN)C1(C)C. The Labute approximate surface area is 86.3 Å².